The number of aromatic nitrogens is 3. The van der Waals surface area contributed by atoms with E-state index in [2.05, 4.69) is 20.3 Å². The number of carboxylic acids is 1. The highest BCUT2D eigenvalue weighted by Gasteiger charge is 2.54. The molecular formula is C20H22N8O5S3. The van der Waals surface area contributed by atoms with Crippen LogP contribution in [-0.2, 0) is 14.4 Å². The number of nitrogens with two attached hydrogens (primary N) is 2. The van der Waals surface area contributed by atoms with E-state index in [1.807, 2.05) is 5.48 Å². The molecule has 2 aliphatic rings. The van der Waals surface area contributed by atoms with E-state index in [1.54, 1.807) is 18.3 Å². The number of carbonyl (C=O) groups is 3. The van der Waals surface area contributed by atoms with Gasteiger partial charge in [-0.2, -0.15) is 5.48 Å². The molecule has 16 heteroatoms. The number of carbonyl (C=O) groups excluding carboxylic acids is 2. The van der Waals surface area contributed by atoms with Crippen molar-refractivity contribution in [2.75, 3.05) is 23.8 Å². The summed E-state index contributed by atoms with van der Waals surface area (Å²) in [5, 5.41) is 22.4. The summed E-state index contributed by atoms with van der Waals surface area (Å²) >= 11 is 3.85. The molecule has 4 heterocycles. The summed E-state index contributed by atoms with van der Waals surface area (Å²) in [6, 6.07) is 4.01. The van der Waals surface area contributed by atoms with Crippen molar-refractivity contribution in [3.8, 4) is 0 Å². The standard InChI is InChI=1S/C20H22N8O5S3/c21-5-7-34-20-23-6-4-12(25-20)36-10-8-35-18-14(17(30)28(18)15(10)19(31)32)26-16(29)13(27-33)9-2-1-3-11(22)24-9/h1-4,6,13-14,18,27,33H,5,7-8,21H2,(H2,22,24)(H,26,29)(H,31,32)/t13-,14-,18-/m1/s1. The van der Waals surface area contributed by atoms with E-state index in [-0.39, 0.29) is 17.2 Å². The quantitative estimate of drug-likeness (QED) is 0.0757. The lowest BCUT2D eigenvalue weighted by Gasteiger charge is -2.49. The van der Waals surface area contributed by atoms with E-state index in [0.717, 1.165) is 16.7 Å². The number of fused-ring (bicyclic) bond motifs is 1. The maximum absolute atomic E-state index is 13.0. The average molecular weight is 551 g/mol. The monoisotopic (exact) mass is 550 g/mol. The molecule has 0 radical (unpaired) electrons. The fourth-order valence-corrected chi connectivity index (χ4v) is 6.61. The van der Waals surface area contributed by atoms with Gasteiger partial charge in [0.15, 0.2) is 11.2 Å². The first kappa shape index (κ1) is 26.2. The Hall–Kier alpha value is -2.89. The molecule has 13 nitrogen and oxygen atoms in total. The molecule has 0 unspecified atom stereocenters. The zero-order chi connectivity index (χ0) is 25.8. The van der Waals surface area contributed by atoms with Gasteiger partial charge in [-0.15, -0.1) is 11.8 Å². The number of hydrogen-bond acceptors (Lipinski definition) is 13. The molecule has 190 valence electrons. The summed E-state index contributed by atoms with van der Waals surface area (Å²) in [5.41, 5.74) is 13.1. The first-order chi connectivity index (χ1) is 17.3. The Morgan fingerprint density at radius 3 is 2.81 bits per heavy atom. The molecule has 0 aliphatic carbocycles. The molecule has 2 aromatic heterocycles. The summed E-state index contributed by atoms with van der Waals surface area (Å²) in [6.07, 6.45) is 1.58. The topological polar surface area (TPSA) is 210 Å². The molecule has 4 rings (SSSR count). The second-order valence-corrected chi connectivity index (χ2v) is 10.7. The summed E-state index contributed by atoms with van der Waals surface area (Å²) in [6.45, 7) is 0.470. The van der Waals surface area contributed by atoms with Gasteiger partial charge in [-0.1, -0.05) is 29.6 Å². The van der Waals surface area contributed by atoms with Gasteiger partial charge in [0.2, 0.25) is 5.91 Å². The molecule has 1 fully saturated rings. The second kappa shape index (κ2) is 11.4. The highest BCUT2D eigenvalue weighted by atomic mass is 32.2. The molecule has 36 heavy (non-hydrogen) atoms. The molecule has 0 spiro atoms. The van der Waals surface area contributed by atoms with Crippen LogP contribution in [0.1, 0.15) is 11.7 Å². The molecule has 1 saturated heterocycles. The Bertz CT molecular complexity index is 1220. The van der Waals surface area contributed by atoms with Crippen LogP contribution in [0, 0.1) is 0 Å². The Labute approximate surface area is 217 Å². The van der Waals surface area contributed by atoms with Crippen LogP contribution in [0.25, 0.3) is 0 Å². The smallest absolute Gasteiger partial charge is 0.353 e. The Kier molecular flexibility index (Phi) is 8.32. The van der Waals surface area contributed by atoms with Crippen molar-refractivity contribution in [3.05, 3.63) is 46.8 Å². The van der Waals surface area contributed by atoms with Gasteiger partial charge in [-0.3, -0.25) is 14.5 Å². The van der Waals surface area contributed by atoms with E-state index < -0.39 is 35.2 Å². The van der Waals surface area contributed by atoms with Crippen molar-refractivity contribution >= 4 is 58.9 Å². The molecular weight excluding hydrogens is 528 g/mol. The molecule has 2 aliphatic heterocycles. The first-order valence-corrected chi connectivity index (χ1v) is 13.4. The molecule has 0 bridgehead atoms. The number of β-lactam (4-membered cyclic amide) rings is 1. The fraction of sp³-hybridized carbons (Fsp3) is 0.300. The predicted molar refractivity (Wildman–Crippen MR) is 134 cm³/mol. The van der Waals surface area contributed by atoms with Gasteiger partial charge in [0, 0.05) is 29.2 Å². The third kappa shape index (κ3) is 5.42. The summed E-state index contributed by atoms with van der Waals surface area (Å²) < 4.78 is 0. The third-order valence-electron chi connectivity index (χ3n) is 5.10. The highest BCUT2D eigenvalue weighted by Crippen LogP contribution is 2.45. The number of nitrogens with one attached hydrogen (secondary N) is 2. The first-order valence-electron chi connectivity index (χ1n) is 10.5. The van der Waals surface area contributed by atoms with Crippen molar-refractivity contribution in [1.82, 2.24) is 30.6 Å². The minimum absolute atomic E-state index is 0.150. The van der Waals surface area contributed by atoms with Crippen molar-refractivity contribution in [2.45, 2.75) is 27.6 Å². The van der Waals surface area contributed by atoms with Crippen molar-refractivity contribution < 1.29 is 24.7 Å². The number of hydroxylamine groups is 1. The van der Waals surface area contributed by atoms with Gasteiger partial charge in [-0.05, 0) is 18.2 Å². The number of pyridine rings is 1. The van der Waals surface area contributed by atoms with Gasteiger partial charge >= 0.3 is 5.97 Å². The van der Waals surface area contributed by atoms with E-state index >= 15 is 0 Å². The van der Waals surface area contributed by atoms with Crippen LogP contribution in [-0.4, -0.2) is 77.4 Å². The fourth-order valence-electron chi connectivity index (χ4n) is 3.52. The molecule has 3 atom stereocenters. The van der Waals surface area contributed by atoms with Crippen LogP contribution in [0.15, 0.2) is 51.2 Å². The number of hydrogen-bond donors (Lipinski definition) is 6. The number of aliphatic carboxylic acids is 1. The molecule has 2 amide bonds. The number of rotatable bonds is 10. The third-order valence-corrected chi connectivity index (χ3v) is 8.48. The van der Waals surface area contributed by atoms with Crippen molar-refractivity contribution in [2.24, 2.45) is 5.73 Å². The minimum atomic E-state index is -1.27. The van der Waals surface area contributed by atoms with E-state index in [4.69, 9.17) is 11.5 Å². The van der Waals surface area contributed by atoms with Gasteiger partial charge in [0.1, 0.15) is 28.0 Å². The molecule has 2 aromatic rings. The summed E-state index contributed by atoms with van der Waals surface area (Å²) in [7, 11) is 0. The predicted octanol–water partition coefficient (Wildman–Crippen LogP) is 0.0129. The molecule has 0 aromatic carbocycles. The maximum atomic E-state index is 13.0. The van der Waals surface area contributed by atoms with Gasteiger partial charge < -0.3 is 27.1 Å². The van der Waals surface area contributed by atoms with E-state index in [9.17, 15) is 24.7 Å². The van der Waals surface area contributed by atoms with Crippen LogP contribution < -0.4 is 22.3 Å². The lowest BCUT2D eigenvalue weighted by molar-refractivity contribution is -0.151. The number of nitrogen functional groups attached to an aromatic ring is 1. The minimum Gasteiger partial charge on any atom is -0.477 e. The zero-order valence-corrected chi connectivity index (χ0v) is 21.0. The average Bonchev–Trinajstić information content (AvgIpc) is 2.86. The summed E-state index contributed by atoms with van der Waals surface area (Å²) in [5.74, 6) is -1.45. The lowest BCUT2D eigenvalue weighted by atomic mass is 10.0. The van der Waals surface area contributed by atoms with Gasteiger partial charge in [0.25, 0.3) is 5.91 Å². The highest BCUT2D eigenvalue weighted by molar-refractivity contribution is 8.06. The maximum Gasteiger partial charge on any atom is 0.353 e. The Balaban J connectivity index is 1.49. The number of amides is 2. The van der Waals surface area contributed by atoms with E-state index in [0.29, 0.717) is 33.1 Å². The Morgan fingerprint density at radius 1 is 1.31 bits per heavy atom. The molecule has 8 N–H and O–H groups in total. The SMILES string of the molecule is NCCSc1nccc(SC2=C(C(=O)O)N3C(=O)[C@@H](NC(=O)[C@H](NO)c4cccc(N)n4)[C@H]3SC2)n1. The van der Waals surface area contributed by atoms with Crippen LogP contribution in [0.4, 0.5) is 5.82 Å². The van der Waals surface area contributed by atoms with Crippen molar-refractivity contribution in [3.63, 3.8) is 0 Å². The lowest BCUT2D eigenvalue weighted by Crippen LogP contribution is -2.71. The second-order valence-electron chi connectivity index (χ2n) is 7.44. The number of thioether (sulfide) groups is 3. The number of nitrogens with zero attached hydrogens (tertiary/aromatic N) is 4. The normalized spacial score (nSPS) is 19.9. The van der Waals surface area contributed by atoms with Crippen molar-refractivity contribution in [1.29, 1.82) is 0 Å². The van der Waals surface area contributed by atoms with Crippen LogP contribution >= 0.6 is 35.3 Å². The van der Waals surface area contributed by atoms with Gasteiger partial charge in [0.05, 0.1) is 5.69 Å². The van der Waals surface area contributed by atoms with Crippen LogP contribution in [0.2, 0.25) is 0 Å². The largest absolute Gasteiger partial charge is 0.477 e. The van der Waals surface area contributed by atoms with Crippen LogP contribution in [0.5, 0.6) is 0 Å². The van der Waals surface area contributed by atoms with Gasteiger partial charge in [-0.25, -0.2) is 19.7 Å². The zero-order valence-electron chi connectivity index (χ0n) is 18.5. The molecule has 0 saturated carbocycles. The number of anilines is 1. The number of carboxylic acid groups (broad SMARTS) is 1. The Morgan fingerprint density at radius 2 is 2.11 bits per heavy atom. The van der Waals surface area contributed by atoms with E-state index in [1.165, 1.54) is 35.7 Å². The summed E-state index contributed by atoms with van der Waals surface area (Å²) in [4.78, 5) is 52.1. The van der Waals surface area contributed by atoms with Crippen LogP contribution in [0.3, 0.4) is 0 Å².